The van der Waals surface area contributed by atoms with Crippen LogP contribution in [-0.4, -0.2) is 9.38 Å². The number of imidazole rings is 1. The zero-order chi connectivity index (χ0) is 17.0. The topological polar surface area (TPSA) is 21.2 Å². The average molecular weight is 324 g/mol. The van der Waals surface area contributed by atoms with Gasteiger partial charge in [0.1, 0.15) is 12.7 Å². The van der Waals surface area contributed by atoms with E-state index < -0.39 is 0 Å². The number of hydrogen-bond acceptors (Lipinski definition) is 1. The van der Waals surface area contributed by atoms with Gasteiger partial charge in [0.15, 0.2) is 6.20 Å². The Kier molecular flexibility index (Phi) is 2.92. The van der Waals surface area contributed by atoms with Gasteiger partial charge in [-0.05, 0) is 52.9 Å². The summed E-state index contributed by atoms with van der Waals surface area (Å²) in [5.74, 6) is 0. The van der Waals surface area contributed by atoms with Crippen LogP contribution in [0.4, 0.5) is 0 Å². The smallest absolute Gasteiger partial charge is 0.220 e. The van der Waals surface area contributed by atoms with Gasteiger partial charge in [-0.15, -0.1) is 0 Å². The van der Waals surface area contributed by atoms with Gasteiger partial charge in [0, 0.05) is 24.7 Å². The quantitative estimate of drug-likeness (QED) is 0.418. The highest BCUT2D eigenvalue weighted by atomic mass is 15.0. The van der Waals surface area contributed by atoms with Crippen LogP contribution in [0.3, 0.4) is 0 Å². The molecule has 3 nitrogen and oxygen atoms in total. The highest BCUT2D eigenvalue weighted by Crippen LogP contribution is 2.31. The molecule has 0 aliphatic heterocycles. The first-order chi connectivity index (χ1) is 12.2. The van der Waals surface area contributed by atoms with Crippen molar-refractivity contribution in [3.8, 4) is 11.3 Å². The number of rotatable bonds is 1. The second-order valence-corrected chi connectivity index (χ2v) is 6.62. The molecule has 0 aliphatic carbocycles. The largest absolute Gasteiger partial charge is 0.306 e. The molecular weight excluding hydrogens is 306 g/mol. The van der Waals surface area contributed by atoms with Crippen LogP contribution < -0.4 is 4.57 Å². The summed E-state index contributed by atoms with van der Waals surface area (Å²) in [5.41, 5.74) is 4.77. The predicted molar refractivity (Wildman–Crippen MR) is 102 cm³/mol. The van der Waals surface area contributed by atoms with E-state index in [-0.39, 0.29) is 0 Å². The predicted octanol–water partition coefficient (Wildman–Crippen LogP) is 4.44. The van der Waals surface area contributed by atoms with Crippen molar-refractivity contribution in [1.29, 1.82) is 0 Å². The molecule has 5 aromatic rings. The Morgan fingerprint density at radius 3 is 2.76 bits per heavy atom. The van der Waals surface area contributed by atoms with Crippen molar-refractivity contribution < 1.29 is 4.57 Å². The molecule has 0 radical (unpaired) electrons. The van der Waals surface area contributed by atoms with Gasteiger partial charge < -0.3 is 4.40 Å². The molecule has 0 fully saturated rings. The van der Waals surface area contributed by atoms with Gasteiger partial charge in [0.2, 0.25) is 5.69 Å². The second kappa shape index (κ2) is 5.15. The van der Waals surface area contributed by atoms with Crippen molar-refractivity contribution in [2.45, 2.75) is 6.92 Å². The second-order valence-electron chi connectivity index (χ2n) is 6.62. The summed E-state index contributed by atoms with van der Waals surface area (Å²) in [4.78, 5) is 4.42. The summed E-state index contributed by atoms with van der Waals surface area (Å²) in [6.45, 7) is 2.19. The van der Waals surface area contributed by atoms with Crippen LogP contribution in [0.5, 0.6) is 0 Å². The maximum Gasteiger partial charge on any atom is 0.220 e. The molecule has 25 heavy (non-hydrogen) atoms. The maximum atomic E-state index is 4.42. The molecule has 3 heterocycles. The van der Waals surface area contributed by atoms with Crippen molar-refractivity contribution >= 4 is 27.2 Å². The standard InChI is InChI=1S/C22H18N3/c1-15-11-18-14-25-10-8-23-21(25)13-17(18)12-20(15)22-19-6-4-3-5-16(19)7-9-24(22)2/h3-14H,1-2H3/q+1. The summed E-state index contributed by atoms with van der Waals surface area (Å²) >= 11 is 0. The number of aryl methyl sites for hydroxylation is 2. The Bertz CT molecular complexity index is 1260. The zero-order valence-electron chi connectivity index (χ0n) is 14.3. The molecule has 3 aromatic heterocycles. The molecule has 120 valence electrons. The third-order valence-corrected chi connectivity index (χ3v) is 4.99. The highest BCUT2D eigenvalue weighted by molar-refractivity contribution is 5.97. The van der Waals surface area contributed by atoms with Gasteiger partial charge in [-0.25, -0.2) is 9.55 Å². The van der Waals surface area contributed by atoms with Crippen LogP contribution in [0.15, 0.2) is 73.3 Å². The molecule has 0 atom stereocenters. The van der Waals surface area contributed by atoms with E-state index in [9.17, 15) is 0 Å². The first-order valence-electron chi connectivity index (χ1n) is 8.45. The van der Waals surface area contributed by atoms with Gasteiger partial charge in [0.05, 0.1) is 10.9 Å². The third kappa shape index (κ3) is 2.13. The van der Waals surface area contributed by atoms with E-state index in [0.29, 0.717) is 0 Å². The van der Waals surface area contributed by atoms with Gasteiger partial charge in [-0.1, -0.05) is 18.2 Å². The first kappa shape index (κ1) is 14.2. The fraction of sp³-hybridized carbons (Fsp3) is 0.0909. The molecule has 0 spiro atoms. The molecule has 0 N–H and O–H groups in total. The van der Waals surface area contributed by atoms with Gasteiger partial charge in [-0.3, -0.25) is 0 Å². The van der Waals surface area contributed by atoms with Gasteiger partial charge in [-0.2, -0.15) is 0 Å². The van der Waals surface area contributed by atoms with E-state index in [0.717, 1.165) is 5.65 Å². The summed E-state index contributed by atoms with van der Waals surface area (Å²) in [6, 6.07) is 17.5. The summed E-state index contributed by atoms with van der Waals surface area (Å²) in [7, 11) is 2.11. The summed E-state index contributed by atoms with van der Waals surface area (Å²) < 4.78 is 4.28. The van der Waals surface area contributed by atoms with Gasteiger partial charge >= 0.3 is 0 Å². The number of hydrogen-bond donors (Lipinski definition) is 0. The van der Waals surface area contributed by atoms with Crippen molar-refractivity contribution in [3.05, 3.63) is 78.9 Å². The fourth-order valence-corrected chi connectivity index (χ4v) is 3.72. The van der Waals surface area contributed by atoms with Crippen LogP contribution in [0.1, 0.15) is 5.56 Å². The normalized spacial score (nSPS) is 11.6. The van der Waals surface area contributed by atoms with Crippen molar-refractivity contribution in [3.63, 3.8) is 0 Å². The first-order valence-corrected chi connectivity index (χ1v) is 8.45. The van der Waals surface area contributed by atoms with E-state index in [2.05, 4.69) is 88.8 Å². The van der Waals surface area contributed by atoms with Crippen LogP contribution in [-0.2, 0) is 7.05 Å². The lowest BCUT2D eigenvalue weighted by Gasteiger charge is -2.10. The average Bonchev–Trinajstić information content (AvgIpc) is 3.07. The summed E-state index contributed by atoms with van der Waals surface area (Å²) in [5, 5.41) is 4.98. The molecule has 0 bridgehead atoms. The van der Waals surface area contributed by atoms with Crippen LogP contribution in [0, 0.1) is 6.92 Å². The Morgan fingerprint density at radius 2 is 1.84 bits per heavy atom. The number of fused-ring (bicyclic) bond motifs is 3. The molecule has 0 saturated carbocycles. The van der Waals surface area contributed by atoms with Crippen molar-refractivity contribution in [2.24, 2.45) is 7.05 Å². The van der Waals surface area contributed by atoms with Crippen LogP contribution in [0.25, 0.3) is 38.4 Å². The molecule has 0 saturated heterocycles. The zero-order valence-corrected chi connectivity index (χ0v) is 14.3. The van der Waals surface area contributed by atoms with E-state index >= 15 is 0 Å². The molecule has 0 aliphatic rings. The molecule has 5 rings (SSSR count). The Morgan fingerprint density at radius 1 is 0.960 bits per heavy atom. The van der Waals surface area contributed by atoms with Crippen LogP contribution >= 0.6 is 0 Å². The minimum Gasteiger partial charge on any atom is -0.306 e. The SMILES string of the molecule is Cc1cc2cn3ccnc3cc2cc1-c1c2ccccc2cc[n+]1C. The lowest BCUT2D eigenvalue weighted by molar-refractivity contribution is -0.659. The summed E-state index contributed by atoms with van der Waals surface area (Å²) in [6.07, 6.45) is 8.12. The van der Waals surface area contributed by atoms with Crippen LogP contribution in [0.2, 0.25) is 0 Å². The Balaban J connectivity index is 1.87. The van der Waals surface area contributed by atoms with Gasteiger partial charge in [0.25, 0.3) is 0 Å². The van der Waals surface area contributed by atoms with Crippen molar-refractivity contribution in [2.75, 3.05) is 0 Å². The minimum absolute atomic E-state index is 0.976. The Labute approximate surface area is 145 Å². The lowest BCUT2D eigenvalue weighted by atomic mass is 9.97. The van der Waals surface area contributed by atoms with E-state index in [1.807, 2.05) is 12.4 Å². The monoisotopic (exact) mass is 324 g/mol. The van der Waals surface area contributed by atoms with E-state index in [4.69, 9.17) is 0 Å². The molecule has 0 amide bonds. The molecule has 3 heteroatoms. The number of aromatic nitrogens is 3. The molecule has 0 unspecified atom stereocenters. The minimum atomic E-state index is 0.976. The third-order valence-electron chi connectivity index (χ3n) is 4.99. The fourth-order valence-electron chi connectivity index (χ4n) is 3.72. The molecule has 2 aromatic carbocycles. The Hall–Kier alpha value is -3.20. The number of nitrogens with zero attached hydrogens (tertiary/aromatic N) is 3. The number of pyridine rings is 2. The molecular formula is C22H18N3+. The van der Waals surface area contributed by atoms with Crippen molar-refractivity contribution in [1.82, 2.24) is 9.38 Å². The highest BCUT2D eigenvalue weighted by Gasteiger charge is 2.17. The number of benzene rings is 2. The van der Waals surface area contributed by atoms with E-state index in [1.165, 1.54) is 38.4 Å². The maximum absolute atomic E-state index is 4.42. The lowest BCUT2D eigenvalue weighted by Crippen LogP contribution is -2.30. The van der Waals surface area contributed by atoms with E-state index in [1.54, 1.807) is 0 Å².